The van der Waals surface area contributed by atoms with Gasteiger partial charge in [0.2, 0.25) is 0 Å². The van der Waals surface area contributed by atoms with E-state index in [0.29, 0.717) is 6.54 Å². The van der Waals surface area contributed by atoms with Gasteiger partial charge in [-0.15, -0.1) is 0 Å². The molecule has 0 saturated carbocycles. The first-order valence-electron chi connectivity index (χ1n) is 7.47. The number of benzene rings is 1. The highest BCUT2D eigenvalue weighted by Crippen LogP contribution is 2.27. The number of nitrogens with zero attached hydrogens (tertiary/aromatic N) is 1. The summed E-state index contributed by atoms with van der Waals surface area (Å²) in [4.78, 5) is 4.45. The summed E-state index contributed by atoms with van der Waals surface area (Å²) in [5.74, 6) is 0.870. The molecule has 0 spiro atoms. The van der Waals surface area contributed by atoms with Gasteiger partial charge in [0.05, 0.1) is 6.10 Å². The van der Waals surface area contributed by atoms with Crippen molar-refractivity contribution in [2.24, 2.45) is 5.73 Å². The molecular formula is C17H21N3O. The van der Waals surface area contributed by atoms with E-state index >= 15 is 0 Å². The molecule has 1 aliphatic rings. The number of aromatic nitrogens is 1. The van der Waals surface area contributed by atoms with Gasteiger partial charge in [-0.3, -0.25) is 0 Å². The zero-order chi connectivity index (χ0) is 14.5. The first-order chi connectivity index (χ1) is 10.4. The average molecular weight is 283 g/mol. The van der Waals surface area contributed by atoms with Crippen LogP contribution in [-0.4, -0.2) is 24.2 Å². The number of anilines is 1. The topological polar surface area (TPSA) is 60.2 Å². The molecule has 0 bridgehead atoms. The van der Waals surface area contributed by atoms with Gasteiger partial charge in [-0.1, -0.05) is 30.3 Å². The van der Waals surface area contributed by atoms with Crippen molar-refractivity contribution in [1.29, 1.82) is 0 Å². The highest BCUT2D eigenvalue weighted by atomic mass is 16.5. The summed E-state index contributed by atoms with van der Waals surface area (Å²) in [5.41, 5.74) is 9.33. The molecule has 0 radical (unpaired) electrons. The molecule has 1 unspecified atom stereocenters. The van der Waals surface area contributed by atoms with Crippen LogP contribution in [0.2, 0.25) is 0 Å². The molecule has 0 aliphatic carbocycles. The molecule has 4 nitrogen and oxygen atoms in total. The maximum absolute atomic E-state index is 5.96. The zero-order valence-electron chi connectivity index (χ0n) is 12.1. The van der Waals surface area contributed by atoms with Crippen LogP contribution in [0, 0.1) is 0 Å². The first kappa shape index (κ1) is 14.0. The lowest BCUT2D eigenvalue weighted by atomic mass is 10.0. The summed E-state index contributed by atoms with van der Waals surface area (Å²) in [7, 11) is 0. The van der Waals surface area contributed by atoms with Crippen LogP contribution in [-0.2, 0) is 11.3 Å². The van der Waals surface area contributed by atoms with E-state index < -0.39 is 0 Å². The maximum Gasteiger partial charge on any atom is 0.131 e. The molecule has 3 rings (SSSR count). The Morgan fingerprint density at radius 3 is 2.81 bits per heavy atom. The normalized spacial score (nSPS) is 17.9. The first-order valence-corrected chi connectivity index (χ1v) is 7.47. The summed E-state index contributed by atoms with van der Waals surface area (Å²) >= 11 is 0. The van der Waals surface area contributed by atoms with Gasteiger partial charge in [-0.2, -0.15) is 0 Å². The Morgan fingerprint density at radius 2 is 2.10 bits per heavy atom. The van der Waals surface area contributed by atoms with Gasteiger partial charge < -0.3 is 15.8 Å². The van der Waals surface area contributed by atoms with E-state index in [2.05, 4.69) is 22.4 Å². The fourth-order valence-electron chi connectivity index (χ4n) is 2.76. The number of ether oxygens (including phenoxy) is 1. The molecule has 1 atom stereocenters. The molecule has 1 saturated heterocycles. The minimum absolute atomic E-state index is 0.290. The fourth-order valence-corrected chi connectivity index (χ4v) is 2.76. The van der Waals surface area contributed by atoms with E-state index in [9.17, 15) is 0 Å². The summed E-state index contributed by atoms with van der Waals surface area (Å²) in [5, 5.41) is 3.40. The minimum Gasteiger partial charge on any atom is -0.376 e. The molecule has 0 amide bonds. The van der Waals surface area contributed by atoms with Crippen molar-refractivity contribution in [3.05, 3.63) is 48.2 Å². The third-order valence-corrected chi connectivity index (χ3v) is 3.87. The summed E-state index contributed by atoms with van der Waals surface area (Å²) in [6, 6.07) is 12.3. The number of pyridine rings is 1. The molecule has 1 aromatic carbocycles. The van der Waals surface area contributed by atoms with Crippen molar-refractivity contribution >= 4 is 5.82 Å². The average Bonchev–Trinajstić information content (AvgIpc) is 3.06. The van der Waals surface area contributed by atoms with Crippen LogP contribution in [0.4, 0.5) is 5.82 Å². The summed E-state index contributed by atoms with van der Waals surface area (Å²) in [6.07, 6.45) is 4.38. The van der Waals surface area contributed by atoms with Gasteiger partial charge in [0.15, 0.2) is 0 Å². The van der Waals surface area contributed by atoms with Crippen LogP contribution in [0.5, 0.6) is 0 Å². The second kappa shape index (κ2) is 6.70. The Bertz CT molecular complexity index is 580. The molecular weight excluding hydrogens is 262 g/mol. The Balaban J connectivity index is 1.83. The number of nitrogens with one attached hydrogen (secondary N) is 1. The van der Waals surface area contributed by atoms with Crippen molar-refractivity contribution in [1.82, 2.24) is 4.98 Å². The Labute approximate surface area is 125 Å². The van der Waals surface area contributed by atoms with Crippen LogP contribution >= 0.6 is 0 Å². The van der Waals surface area contributed by atoms with Crippen molar-refractivity contribution in [3.8, 4) is 11.1 Å². The quantitative estimate of drug-likeness (QED) is 0.886. The van der Waals surface area contributed by atoms with Crippen LogP contribution < -0.4 is 11.1 Å². The second-order valence-corrected chi connectivity index (χ2v) is 5.27. The van der Waals surface area contributed by atoms with E-state index in [0.717, 1.165) is 42.9 Å². The van der Waals surface area contributed by atoms with Gasteiger partial charge in [0, 0.05) is 31.5 Å². The predicted molar refractivity (Wildman–Crippen MR) is 85.0 cm³/mol. The van der Waals surface area contributed by atoms with E-state index in [-0.39, 0.29) is 6.10 Å². The molecule has 110 valence electrons. The lowest BCUT2D eigenvalue weighted by Crippen LogP contribution is -2.20. The lowest BCUT2D eigenvalue weighted by molar-refractivity contribution is 0.120. The van der Waals surface area contributed by atoms with Crippen LogP contribution in [0.15, 0.2) is 42.6 Å². The predicted octanol–water partition coefficient (Wildman–Crippen LogP) is 2.80. The van der Waals surface area contributed by atoms with Crippen molar-refractivity contribution in [2.75, 3.05) is 18.5 Å². The zero-order valence-corrected chi connectivity index (χ0v) is 12.1. The number of nitrogens with two attached hydrogens (primary N) is 1. The fraction of sp³-hybridized carbons (Fsp3) is 0.353. The Hall–Kier alpha value is -1.91. The van der Waals surface area contributed by atoms with Crippen LogP contribution in [0.1, 0.15) is 18.4 Å². The Morgan fingerprint density at radius 1 is 1.24 bits per heavy atom. The van der Waals surface area contributed by atoms with Crippen molar-refractivity contribution in [3.63, 3.8) is 0 Å². The van der Waals surface area contributed by atoms with Crippen LogP contribution in [0.3, 0.4) is 0 Å². The molecule has 1 fully saturated rings. The van der Waals surface area contributed by atoms with Crippen molar-refractivity contribution < 1.29 is 4.74 Å². The molecule has 1 aliphatic heterocycles. The molecule has 3 N–H and O–H groups in total. The summed E-state index contributed by atoms with van der Waals surface area (Å²) in [6.45, 7) is 2.12. The van der Waals surface area contributed by atoms with E-state index in [4.69, 9.17) is 10.5 Å². The highest BCUT2D eigenvalue weighted by Gasteiger charge is 2.16. The van der Waals surface area contributed by atoms with Gasteiger partial charge in [0.25, 0.3) is 0 Å². The maximum atomic E-state index is 5.96. The van der Waals surface area contributed by atoms with E-state index in [1.165, 1.54) is 5.56 Å². The van der Waals surface area contributed by atoms with E-state index in [1.54, 1.807) is 0 Å². The smallest absolute Gasteiger partial charge is 0.131 e. The van der Waals surface area contributed by atoms with Gasteiger partial charge >= 0.3 is 0 Å². The van der Waals surface area contributed by atoms with Gasteiger partial charge in [-0.25, -0.2) is 4.98 Å². The third-order valence-electron chi connectivity index (χ3n) is 3.87. The number of hydrogen-bond acceptors (Lipinski definition) is 4. The van der Waals surface area contributed by atoms with Gasteiger partial charge in [0.1, 0.15) is 5.82 Å². The largest absolute Gasteiger partial charge is 0.376 e. The number of rotatable bonds is 5. The standard InChI is InChI=1S/C17H21N3O/c18-11-16-15(13-5-2-1-3-6-13)8-9-19-17(16)20-12-14-7-4-10-21-14/h1-3,5-6,8-9,14H,4,7,10-12,18H2,(H,19,20). The SMILES string of the molecule is NCc1c(-c2ccccc2)ccnc1NCC1CCCO1. The number of hydrogen-bond donors (Lipinski definition) is 2. The minimum atomic E-state index is 0.290. The lowest BCUT2D eigenvalue weighted by Gasteiger charge is -2.16. The second-order valence-electron chi connectivity index (χ2n) is 5.27. The highest BCUT2D eigenvalue weighted by molar-refractivity contribution is 5.71. The van der Waals surface area contributed by atoms with Crippen LogP contribution in [0.25, 0.3) is 11.1 Å². The monoisotopic (exact) mass is 283 g/mol. The molecule has 2 heterocycles. The third kappa shape index (κ3) is 3.23. The molecule has 21 heavy (non-hydrogen) atoms. The van der Waals surface area contributed by atoms with E-state index in [1.807, 2.05) is 30.5 Å². The van der Waals surface area contributed by atoms with Crippen molar-refractivity contribution in [2.45, 2.75) is 25.5 Å². The molecule has 1 aromatic heterocycles. The Kier molecular flexibility index (Phi) is 4.48. The molecule has 2 aromatic rings. The molecule has 4 heteroatoms. The van der Waals surface area contributed by atoms with Gasteiger partial charge in [-0.05, 0) is 30.0 Å². The summed E-state index contributed by atoms with van der Waals surface area (Å²) < 4.78 is 5.64.